The van der Waals surface area contributed by atoms with Crippen molar-refractivity contribution in [3.8, 4) is 0 Å². The fourth-order valence-electron chi connectivity index (χ4n) is 2.55. The molecule has 3 nitrogen and oxygen atoms in total. The maximum Gasteiger partial charge on any atom is 0.106 e. The van der Waals surface area contributed by atoms with Crippen LogP contribution >= 0.6 is 28.1 Å². The third-order valence-corrected chi connectivity index (χ3v) is 4.43. The molecule has 0 radical (unpaired) electrons. The Kier molecular flexibility index (Phi) is 4.48. The van der Waals surface area contributed by atoms with Crippen molar-refractivity contribution >= 4 is 38.8 Å². The van der Waals surface area contributed by atoms with E-state index in [1.54, 1.807) is 7.11 Å². The largest absolute Gasteiger partial charge is 0.389 e. The number of nitrogens with zero attached hydrogens (tertiary/aromatic N) is 1. The van der Waals surface area contributed by atoms with Gasteiger partial charge in [0.05, 0.1) is 5.60 Å². The highest BCUT2D eigenvalue weighted by Crippen LogP contribution is 2.31. The third-order valence-electron chi connectivity index (χ3n) is 3.72. The average Bonchev–Trinajstić information content (AvgIpc) is 2.38. The first-order valence-corrected chi connectivity index (χ1v) is 7.55. The lowest BCUT2D eigenvalue weighted by Gasteiger charge is -2.41. The summed E-state index contributed by atoms with van der Waals surface area (Å²) in [6, 6.07) is 6.02. The second-order valence-corrected chi connectivity index (χ2v) is 6.56. The molecule has 104 valence electrons. The van der Waals surface area contributed by atoms with Crippen molar-refractivity contribution in [1.82, 2.24) is 0 Å². The molecule has 0 aromatic heterocycles. The molecular weight excluding hydrogens is 324 g/mol. The van der Waals surface area contributed by atoms with Gasteiger partial charge in [-0.1, -0.05) is 28.1 Å². The van der Waals surface area contributed by atoms with E-state index in [0.29, 0.717) is 4.99 Å². The van der Waals surface area contributed by atoms with Gasteiger partial charge in [0.15, 0.2) is 0 Å². The summed E-state index contributed by atoms with van der Waals surface area (Å²) in [6.07, 6.45) is 2.18. The van der Waals surface area contributed by atoms with Crippen LogP contribution in [0.15, 0.2) is 22.7 Å². The lowest BCUT2D eigenvalue weighted by molar-refractivity contribution is -0.00466. The van der Waals surface area contributed by atoms with Crippen LogP contribution in [0.1, 0.15) is 25.3 Å². The van der Waals surface area contributed by atoms with Crippen LogP contribution in [-0.2, 0) is 4.74 Å². The third kappa shape index (κ3) is 3.27. The Labute approximate surface area is 128 Å². The van der Waals surface area contributed by atoms with Crippen LogP contribution < -0.4 is 10.6 Å². The molecule has 0 spiro atoms. The molecular formula is C14H19BrN2OS. The molecule has 5 heteroatoms. The highest BCUT2D eigenvalue weighted by Gasteiger charge is 2.31. The van der Waals surface area contributed by atoms with Crippen molar-refractivity contribution in [2.24, 2.45) is 5.73 Å². The van der Waals surface area contributed by atoms with E-state index in [1.807, 2.05) is 12.1 Å². The lowest BCUT2D eigenvalue weighted by Crippen LogP contribution is -2.48. The number of halogens is 1. The first-order chi connectivity index (χ1) is 8.95. The zero-order valence-electron chi connectivity index (χ0n) is 11.3. The van der Waals surface area contributed by atoms with Gasteiger partial charge in [-0.25, -0.2) is 0 Å². The minimum Gasteiger partial charge on any atom is -0.389 e. The molecule has 0 saturated carbocycles. The van der Waals surface area contributed by atoms with E-state index in [2.05, 4.69) is 33.8 Å². The van der Waals surface area contributed by atoms with Crippen molar-refractivity contribution < 1.29 is 4.74 Å². The summed E-state index contributed by atoms with van der Waals surface area (Å²) < 4.78 is 6.68. The van der Waals surface area contributed by atoms with Crippen LogP contribution in [0.5, 0.6) is 0 Å². The van der Waals surface area contributed by atoms with E-state index >= 15 is 0 Å². The standard InChI is InChI=1S/C14H19BrN2OS/c1-14(18-2)6-3-7-17(9-14)12-8-10(15)4-5-11(12)13(16)19/h4-5,8H,3,6-7,9H2,1-2H3,(H2,16,19). The van der Waals surface area contributed by atoms with Gasteiger partial charge in [-0.3, -0.25) is 0 Å². The van der Waals surface area contributed by atoms with Gasteiger partial charge in [-0.05, 0) is 38.0 Å². The van der Waals surface area contributed by atoms with Gasteiger partial charge in [-0.2, -0.15) is 0 Å². The summed E-state index contributed by atoms with van der Waals surface area (Å²) >= 11 is 8.67. The molecule has 1 aromatic rings. The molecule has 0 amide bonds. The fraction of sp³-hybridized carbons (Fsp3) is 0.500. The molecule has 1 aromatic carbocycles. The number of anilines is 1. The molecule has 1 atom stereocenters. The van der Waals surface area contributed by atoms with Gasteiger partial charge in [0.2, 0.25) is 0 Å². The van der Waals surface area contributed by atoms with Crippen molar-refractivity contribution in [3.63, 3.8) is 0 Å². The second-order valence-electron chi connectivity index (χ2n) is 5.20. The van der Waals surface area contributed by atoms with E-state index in [1.165, 1.54) is 0 Å². The Balaban J connectivity index is 2.35. The summed E-state index contributed by atoms with van der Waals surface area (Å²) in [5, 5.41) is 0. The summed E-state index contributed by atoms with van der Waals surface area (Å²) in [4.78, 5) is 2.75. The zero-order chi connectivity index (χ0) is 14.0. The predicted octanol–water partition coefficient (Wildman–Crippen LogP) is 3.09. The first kappa shape index (κ1) is 14.8. The number of nitrogens with two attached hydrogens (primary N) is 1. The minimum absolute atomic E-state index is 0.103. The Morgan fingerprint density at radius 3 is 2.89 bits per heavy atom. The second kappa shape index (κ2) is 5.77. The SMILES string of the molecule is COC1(C)CCCN(c2cc(Br)ccc2C(N)=S)C1. The van der Waals surface area contributed by atoms with E-state index in [-0.39, 0.29) is 5.60 Å². The maximum atomic E-state index is 5.83. The summed E-state index contributed by atoms with van der Waals surface area (Å²) in [7, 11) is 1.78. The van der Waals surface area contributed by atoms with Crippen LogP contribution in [0.25, 0.3) is 0 Å². The highest BCUT2D eigenvalue weighted by atomic mass is 79.9. The van der Waals surface area contributed by atoms with Crippen LogP contribution in [0.4, 0.5) is 5.69 Å². The van der Waals surface area contributed by atoms with Crippen molar-refractivity contribution in [2.45, 2.75) is 25.4 Å². The van der Waals surface area contributed by atoms with Crippen molar-refractivity contribution in [3.05, 3.63) is 28.2 Å². The molecule has 1 fully saturated rings. The monoisotopic (exact) mass is 342 g/mol. The smallest absolute Gasteiger partial charge is 0.106 e. The Hall–Kier alpha value is -0.650. The van der Waals surface area contributed by atoms with E-state index < -0.39 is 0 Å². The quantitative estimate of drug-likeness (QED) is 0.856. The molecule has 1 aliphatic heterocycles. The summed E-state index contributed by atoms with van der Waals surface area (Å²) in [5.41, 5.74) is 7.74. The number of hydrogen-bond acceptors (Lipinski definition) is 3. The van der Waals surface area contributed by atoms with Gasteiger partial charge >= 0.3 is 0 Å². The van der Waals surface area contributed by atoms with Crippen LogP contribution in [0.3, 0.4) is 0 Å². The number of thiocarbonyl (C=S) groups is 1. The molecule has 1 unspecified atom stereocenters. The van der Waals surface area contributed by atoms with E-state index in [9.17, 15) is 0 Å². The van der Waals surface area contributed by atoms with Gasteiger partial charge < -0.3 is 15.4 Å². The van der Waals surface area contributed by atoms with Gasteiger partial charge in [0, 0.05) is 35.9 Å². The molecule has 19 heavy (non-hydrogen) atoms. The van der Waals surface area contributed by atoms with Crippen molar-refractivity contribution in [1.29, 1.82) is 0 Å². The molecule has 1 heterocycles. The zero-order valence-corrected chi connectivity index (χ0v) is 13.7. The van der Waals surface area contributed by atoms with Gasteiger partial charge in [0.25, 0.3) is 0 Å². The number of piperidine rings is 1. The average molecular weight is 343 g/mol. The van der Waals surface area contributed by atoms with Crippen LogP contribution in [-0.4, -0.2) is 30.8 Å². The Morgan fingerprint density at radius 2 is 2.26 bits per heavy atom. The molecule has 0 bridgehead atoms. The topological polar surface area (TPSA) is 38.5 Å². The first-order valence-electron chi connectivity index (χ1n) is 6.35. The normalized spacial score (nSPS) is 23.4. The van der Waals surface area contributed by atoms with Crippen LogP contribution in [0.2, 0.25) is 0 Å². The Morgan fingerprint density at radius 1 is 1.53 bits per heavy atom. The lowest BCUT2D eigenvalue weighted by atomic mass is 9.94. The number of hydrogen-bond donors (Lipinski definition) is 1. The molecule has 2 N–H and O–H groups in total. The molecule has 0 aliphatic carbocycles. The predicted molar refractivity (Wildman–Crippen MR) is 86.9 cm³/mol. The van der Waals surface area contributed by atoms with E-state index in [4.69, 9.17) is 22.7 Å². The molecule has 2 rings (SSSR count). The molecule has 1 saturated heterocycles. The summed E-state index contributed by atoms with van der Waals surface area (Å²) in [6.45, 7) is 4.01. The minimum atomic E-state index is -0.103. The van der Waals surface area contributed by atoms with E-state index in [0.717, 1.165) is 41.7 Å². The van der Waals surface area contributed by atoms with Gasteiger partial charge in [-0.15, -0.1) is 0 Å². The molecule has 1 aliphatic rings. The number of methoxy groups -OCH3 is 1. The number of ether oxygens (including phenoxy) is 1. The summed E-state index contributed by atoms with van der Waals surface area (Å²) in [5.74, 6) is 0. The van der Waals surface area contributed by atoms with Crippen molar-refractivity contribution in [2.75, 3.05) is 25.1 Å². The number of rotatable bonds is 3. The fourth-order valence-corrected chi connectivity index (χ4v) is 3.07. The Bertz CT molecular complexity index is 494. The number of benzene rings is 1. The highest BCUT2D eigenvalue weighted by molar-refractivity contribution is 9.10. The van der Waals surface area contributed by atoms with Crippen LogP contribution in [0, 0.1) is 0 Å². The maximum absolute atomic E-state index is 5.83. The van der Waals surface area contributed by atoms with Gasteiger partial charge in [0.1, 0.15) is 4.99 Å².